The number of fused-ring (bicyclic) bond motifs is 12. The second-order valence-electron chi connectivity index (χ2n) is 20.2. The van der Waals surface area contributed by atoms with E-state index in [4.69, 9.17) is 0 Å². The molecule has 12 aromatic carbocycles. The van der Waals surface area contributed by atoms with Crippen LogP contribution in [0.1, 0.15) is 0 Å². The molecule has 0 aliphatic heterocycles. The van der Waals surface area contributed by atoms with Crippen LogP contribution in [0.5, 0.6) is 0 Å². The van der Waals surface area contributed by atoms with Gasteiger partial charge in [-0.15, -0.1) is 0 Å². The number of aromatic amines is 4. The Hall–Kier alpha value is -9.20. The molecule has 0 saturated heterocycles. The molecule has 4 heterocycles. The minimum atomic E-state index is 1.08. The van der Waals surface area contributed by atoms with Gasteiger partial charge in [-0.05, 0) is 129 Å². The highest BCUT2D eigenvalue weighted by molar-refractivity contribution is 9.10. The summed E-state index contributed by atoms with van der Waals surface area (Å²) in [5, 5.41) is 9.99. The summed E-state index contributed by atoms with van der Waals surface area (Å²) >= 11 is 7.20. The summed E-state index contributed by atoms with van der Waals surface area (Å²) in [7, 11) is 0. The molecular weight excluding hydrogens is 1080 g/mol. The molecular formula is C72H46Br2N4. The molecule has 78 heavy (non-hydrogen) atoms. The van der Waals surface area contributed by atoms with Crippen LogP contribution in [0.2, 0.25) is 0 Å². The standard InChI is InChI=1S/2C36H23BrN2/c2*37-26-17-15-22(16-18-26)23-19-24(27-9-5-11-31-29-7-1-3-13-33(29)38-35(27)31)21-25(20-23)28-10-6-12-32-30-8-2-4-14-34(30)39-36(28)32/h2*1-21,38-39H. The van der Waals surface area contributed by atoms with Gasteiger partial charge in [0.25, 0.3) is 0 Å². The lowest BCUT2D eigenvalue weighted by molar-refractivity contribution is 1.52. The van der Waals surface area contributed by atoms with Crippen molar-refractivity contribution in [1.29, 1.82) is 0 Å². The largest absolute Gasteiger partial charge is 0.354 e. The first-order valence-corrected chi connectivity index (χ1v) is 27.9. The van der Waals surface area contributed by atoms with Crippen LogP contribution < -0.4 is 0 Å². The van der Waals surface area contributed by atoms with Gasteiger partial charge in [0, 0.05) is 96.4 Å². The highest BCUT2D eigenvalue weighted by Gasteiger charge is 2.18. The van der Waals surface area contributed by atoms with Crippen LogP contribution in [0, 0.1) is 0 Å². The average molecular weight is 1130 g/mol. The molecule has 4 nitrogen and oxygen atoms in total. The molecule has 0 fully saturated rings. The minimum Gasteiger partial charge on any atom is -0.354 e. The predicted molar refractivity (Wildman–Crippen MR) is 338 cm³/mol. The number of aromatic nitrogens is 4. The van der Waals surface area contributed by atoms with Crippen LogP contribution in [-0.4, -0.2) is 19.9 Å². The Kier molecular flexibility index (Phi) is 11.1. The van der Waals surface area contributed by atoms with Crippen molar-refractivity contribution in [3.63, 3.8) is 0 Å². The van der Waals surface area contributed by atoms with Crippen LogP contribution in [-0.2, 0) is 0 Å². The first-order chi connectivity index (χ1) is 38.5. The second kappa shape index (κ2) is 18.8. The number of H-pyrrole nitrogens is 4. The maximum atomic E-state index is 3.71. The van der Waals surface area contributed by atoms with E-state index in [1.165, 1.54) is 132 Å². The lowest BCUT2D eigenvalue weighted by atomic mass is 9.92. The number of benzene rings is 12. The molecule has 4 N–H and O–H groups in total. The zero-order valence-corrected chi connectivity index (χ0v) is 45.2. The Morgan fingerprint density at radius 3 is 0.692 bits per heavy atom. The third-order valence-electron chi connectivity index (χ3n) is 15.6. The summed E-state index contributed by atoms with van der Waals surface area (Å²) < 4.78 is 2.15. The van der Waals surface area contributed by atoms with Crippen molar-refractivity contribution in [3.8, 4) is 66.8 Å². The maximum Gasteiger partial charge on any atom is 0.0544 e. The van der Waals surface area contributed by atoms with Gasteiger partial charge in [0.15, 0.2) is 0 Å². The summed E-state index contributed by atoms with van der Waals surface area (Å²) in [6, 6.07) is 91.7. The zero-order valence-electron chi connectivity index (χ0n) is 42.0. The highest BCUT2D eigenvalue weighted by Crippen LogP contribution is 2.43. The lowest BCUT2D eigenvalue weighted by Gasteiger charge is -2.13. The Morgan fingerprint density at radius 2 is 0.423 bits per heavy atom. The van der Waals surface area contributed by atoms with E-state index >= 15 is 0 Å². The number of nitrogens with one attached hydrogen (secondary N) is 4. The van der Waals surface area contributed by atoms with Crippen molar-refractivity contribution in [1.82, 2.24) is 19.9 Å². The van der Waals surface area contributed by atoms with Crippen molar-refractivity contribution in [2.75, 3.05) is 0 Å². The van der Waals surface area contributed by atoms with Gasteiger partial charge in [0.2, 0.25) is 0 Å². The average Bonchev–Trinajstić information content (AvgIpc) is 4.37. The Bertz CT molecular complexity index is 4410. The molecule has 0 bridgehead atoms. The van der Waals surface area contributed by atoms with Crippen molar-refractivity contribution < 1.29 is 0 Å². The molecule has 16 aromatic rings. The number of rotatable bonds is 6. The second-order valence-corrected chi connectivity index (χ2v) is 22.0. The van der Waals surface area contributed by atoms with Gasteiger partial charge >= 0.3 is 0 Å². The third kappa shape index (κ3) is 7.94. The highest BCUT2D eigenvalue weighted by atomic mass is 79.9. The van der Waals surface area contributed by atoms with Gasteiger partial charge in [-0.25, -0.2) is 0 Å². The fourth-order valence-corrected chi connectivity index (χ4v) is 12.5. The third-order valence-corrected chi connectivity index (χ3v) is 16.7. The summed E-state index contributed by atoms with van der Waals surface area (Å²) in [5.74, 6) is 0. The SMILES string of the molecule is Brc1ccc(-c2cc(-c3cccc4c3[nH]c3ccccc34)cc(-c3cccc4c3[nH]c3ccccc34)c2)cc1.Brc1ccc(-c2cc(-c3cccc4c3[nH]c3ccccc34)cc(-c3cccc4c3[nH]c3ccccc34)c2)cc1. The van der Waals surface area contributed by atoms with Gasteiger partial charge in [-0.3, -0.25) is 0 Å². The van der Waals surface area contributed by atoms with Crippen LogP contribution in [0.3, 0.4) is 0 Å². The smallest absolute Gasteiger partial charge is 0.0544 e. The minimum absolute atomic E-state index is 1.08. The van der Waals surface area contributed by atoms with Crippen molar-refractivity contribution in [2.24, 2.45) is 0 Å². The van der Waals surface area contributed by atoms with Gasteiger partial charge in [0.1, 0.15) is 0 Å². The molecule has 0 unspecified atom stereocenters. The van der Waals surface area contributed by atoms with E-state index in [1.807, 2.05) is 0 Å². The van der Waals surface area contributed by atoms with Gasteiger partial charge < -0.3 is 19.9 Å². The molecule has 0 radical (unpaired) electrons. The van der Waals surface area contributed by atoms with Crippen molar-refractivity contribution in [2.45, 2.75) is 0 Å². The number of para-hydroxylation sites is 8. The number of hydrogen-bond donors (Lipinski definition) is 4. The molecule has 0 atom stereocenters. The van der Waals surface area contributed by atoms with E-state index < -0.39 is 0 Å². The molecule has 16 rings (SSSR count). The number of halogens is 2. The fourth-order valence-electron chi connectivity index (χ4n) is 11.9. The Morgan fingerprint density at radius 1 is 0.192 bits per heavy atom. The van der Waals surface area contributed by atoms with E-state index in [0.717, 1.165) is 31.0 Å². The molecule has 0 aliphatic carbocycles. The predicted octanol–water partition coefficient (Wildman–Crippen LogP) is 21.4. The van der Waals surface area contributed by atoms with E-state index in [9.17, 15) is 0 Å². The Labute approximate surface area is 466 Å². The normalized spacial score (nSPS) is 11.7. The summed E-state index contributed by atoms with van der Waals surface area (Å²) in [6.45, 7) is 0. The summed E-state index contributed by atoms with van der Waals surface area (Å²) in [5.41, 5.74) is 23.6. The topological polar surface area (TPSA) is 63.2 Å². The van der Waals surface area contributed by atoms with E-state index in [0.29, 0.717) is 0 Å². The van der Waals surface area contributed by atoms with Gasteiger partial charge in [-0.2, -0.15) is 0 Å². The van der Waals surface area contributed by atoms with E-state index in [-0.39, 0.29) is 0 Å². The zero-order chi connectivity index (χ0) is 51.8. The van der Waals surface area contributed by atoms with Gasteiger partial charge in [0.05, 0.1) is 22.1 Å². The van der Waals surface area contributed by atoms with Crippen molar-refractivity contribution >= 4 is 119 Å². The molecule has 4 aromatic heterocycles. The first kappa shape index (κ1) is 46.1. The van der Waals surface area contributed by atoms with Crippen LogP contribution in [0.25, 0.3) is 154 Å². The first-order valence-electron chi connectivity index (χ1n) is 26.3. The molecule has 0 saturated carbocycles. The van der Waals surface area contributed by atoms with Gasteiger partial charge in [-0.1, -0.05) is 202 Å². The number of hydrogen-bond acceptors (Lipinski definition) is 0. The van der Waals surface area contributed by atoms with Crippen LogP contribution in [0.15, 0.2) is 264 Å². The monoisotopic (exact) mass is 1120 g/mol. The van der Waals surface area contributed by atoms with Crippen LogP contribution in [0.4, 0.5) is 0 Å². The molecule has 0 spiro atoms. The fraction of sp³-hybridized carbons (Fsp3) is 0. The van der Waals surface area contributed by atoms with E-state index in [2.05, 4.69) is 307 Å². The molecule has 0 amide bonds. The molecule has 0 aliphatic rings. The molecule has 368 valence electrons. The summed E-state index contributed by atoms with van der Waals surface area (Å²) in [4.78, 5) is 14.8. The lowest BCUT2D eigenvalue weighted by Crippen LogP contribution is -1.88. The Balaban J connectivity index is 0.000000136. The summed E-state index contributed by atoms with van der Waals surface area (Å²) in [6.07, 6.45) is 0. The quantitative estimate of drug-likeness (QED) is 0.128. The maximum absolute atomic E-state index is 3.71. The molecule has 6 heteroatoms. The van der Waals surface area contributed by atoms with Crippen molar-refractivity contribution in [3.05, 3.63) is 264 Å². The van der Waals surface area contributed by atoms with Crippen LogP contribution >= 0.6 is 31.9 Å². The van der Waals surface area contributed by atoms with E-state index in [1.54, 1.807) is 0 Å².